The Balaban J connectivity index is 1.92. The Bertz CT molecular complexity index is 929. The highest BCUT2D eigenvalue weighted by Gasteiger charge is 2.28. The minimum Gasteiger partial charge on any atom is -0.493 e. The molecule has 1 aromatic heterocycles. The van der Waals surface area contributed by atoms with Gasteiger partial charge in [-0.1, -0.05) is 13.0 Å². The van der Waals surface area contributed by atoms with E-state index in [9.17, 15) is 19.5 Å². The molecular formula is C20H22N2O5. The molecule has 0 fully saturated rings. The number of hydrogen-bond donors (Lipinski definition) is 3. The number of carboxylic acid groups (broad SMARTS) is 1. The Hall–Kier alpha value is -3.09. The number of ketones is 1. The maximum absolute atomic E-state index is 12.8. The van der Waals surface area contributed by atoms with Gasteiger partial charge in [0.2, 0.25) is 0 Å². The molecule has 3 rings (SSSR count). The van der Waals surface area contributed by atoms with Gasteiger partial charge in [0.1, 0.15) is 11.4 Å². The van der Waals surface area contributed by atoms with Crippen molar-refractivity contribution in [1.29, 1.82) is 0 Å². The van der Waals surface area contributed by atoms with Gasteiger partial charge in [-0.15, -0.1) is 0 Å². The number of rotatable bonds is 6. The first kappa shape index (κ1) is 18.7. The van der Waals surface area contributed by atoms with Crippen molar-refractivity contribution in [3.05, 3.63) is 51.8 Å². The maximum Gasteiger partial charge on any atom is 0.330 e. The average Bonchev–Trinajstić information content (AvgIpc) is 3.21. The number of H-pyrrole nitrogens is 1. The van der Waals surface area contributed by atoms with Crippen LogP contribution in [0.25, 0.3) is 0 Å². The summed E-state index contributed by atoms with van der Waals surface area (Å²) in [6.07, 6.45) is 1.19. The van der Waals surface area contributed by atoms with E-state index in [-0.39, 0.29) is 11.5 Å². The zero-order valence-corrected chi connectivity index (χ0v) is 15.5. The van der Waals surface area contributed by atoms with Crippen molar-refractivity contribution < 1.29 is 24.2 Å². The largest absolute Gasteiger partial charge is 0.493 e. The molecule has 2 heterocycles. The molecule has 0 radical (unpaired) electrons. The van der Waals surface area contributed by atoms with E-state index in [0.717, 1.165) is 11.3 Å². The number of aromatic amines is 1. The van der Waals surface area contributed by atoms with Gasteiger partial charge in [-0.2, -0.15) is 0 Å². The lowest BCUT2D eigenvalue weighted by Gasteiger charge is -2.16. The van der Waals surface area contributed by atoms with Crippen molar-refractivity contribution in [2.75, 3.05) is 6.61 Å². The standard InChI is InChI=1S/C20H22N2O5/c1-4-14-16(11(3)23)10(2)21-18(14)19(24)22-17(20(25)26)13-5-6-15-12(9-13)7-8-27-15/h5-6,9,17,21H,4,7-8H2,1-3H3,(H,22,24)(H,25,26). The zero-order chi connectivity index (χ0) is 19.7. The quantitative estimate of drug-likeness (QED) is 0.677. The number of amides is 1. The van der Waals surface area contributed by atoms with Crippen LogP contribution in [0.4, 0.5) is 0 Å². The molecule has 1 atom stereocenters. The first-order valence-electron chi connectivity index (χ1n) is 8.85. The average molecular weight is 370 g/mol. The number of carbonyl (C=O) groups is 3. The number of hydrogen-bond acceptors (Lipinski definition) is 4. The molecule has 142 valence electrons. The Morgan fingerprint density at radius 3 is 2.70 bits per heavy atom. The molecule has 1 amide bonds. The summed E-state index contributed by atoms with van der Waals surface area (Å²) in [7, 11) is 0. The van der Waals surface area contributed by atoms with Crippen LogP contribution in [0.3, 0.4) is 0 Å². The summed E-state index contributed by atoms with van der Waals surface area (Å²) < 4.78 is 5.44. The molecule has 0 aliphatic carbocycles. The van der Waals surface area contributed by atoms with Crippen LogP contribution in [0.2, 0.25) is 0 Å². The second-order valence-electron chi connectivity index (χ2n) is 6.60. The lowest BCUT2D eigenvalue weighted by Crippen LogP contribution is -2.34. The molecule has 7 heteroatoms. The van der Waals surface area contributed by atoms with Crippen LogP contribution in [0.1, 0.15) is 63.1 Å². The number of benzene rings is 1. The highest BCUT2D eigenvalue weighted by molar-refractivity contribution is 6.03. The summed E-state index contributed by atoms with van der Waals surface area (Å²) in [6.45, 7) is 5.59. The van der Waals surface area contributed by atoms with Gasteiger partial charge in [0.05, 0.1) is 6.61 Å². The number of ether oxygens (including phenoxy) is 1. The number of carboxylic acids is 1. The van der Waals surface area contributed by atoms with Crippen molar-refractivity contribution in [2.45, 2.75) is 39.7 Å². The van der Waals surface area contributed by atoms with Gasteiger partial charge in [0.15, 0.2) is 11.8 Å². The number of aromatic nitrogens is 1. The summed E-state index contributed by atoms with van der Waals surface area (Å²) in [5, 5.41) is 12.2. The summed E-state index contributed by atoms with van der Waals surface area (Å²) in [5.41, 5.74) is 3.33. The van der Waals surface area contributed by atoms with Crippen LogP contribution < -0.4 is 10.1 Å². The molecule has 0 saturated carbocycles. The Kier molecular flexibility index (Phi) is 5.03. The van der Waals surface area contributed by atoms with E-state index in [1.807, 2.05) is 6.92 Å². The van der Waals surface area contributed by atoms with Gasteiger partial charge in [-0.3, -0.25) is 9.59 Å². The molecule has 27 heavy (non-hydrogen) atoms. The fourth-order valence-electron chi connectivity index (χ4n) is 3.58. The summed E-state index contributed by atoms with van der Waals surface area (Å²) in [6, 6.07) is 3.93. The molecule has 2 aromatic rings. The maximum atomic E-state index is 12.8. The second-order valence-corrected chi connectivity index (χ2v) is 6.60. The van der Waals surface area contributed by atoms with Crippen LogP contribution in [0, 0.1) is 6.92 Å². The first-order chi connectivity index (χ1) is 12.8. The predicted octanol–water partition coefficient (Wildman–Crippen LogP) is 2.58. The van der Waals surface area contributed by atoms with Gasteiger partial charge in [-0.05, 0) is 49.1 Å². The van der Waals surface area contributed by atoms with Crippen molar-refractivity contribution in [3.63, 3.8) is 0 Å². The highest BCUT2D eigenvalue weighted by Crippen LogP contribution is 2.29. The summed E-state index contributed by atoms with van der Waals surface area (Å²) in [5.74, 6) is -1.09. The molecule has 0 saturated heterocycles. The third-order valence-electron chi connectivity index (χ3n) is 4.79. The number of Topliss-reactive ketones (excluding diaryl/α,β-unsaturated/α-hetero) is 1. The fourth-order valence-corrected chi connectivity index (χ4v) is 3.58. The van der Waals surface area contributed by atoms with Crippen LogP contribution >= 0.6 is 0 Å². The van der Waals surface area contributed by atoms with Crippen LogP contribution in [-0.4, -0.2) is 34.4 Å². The van der Waals surface area contributed by atoms with E-state index >= 15 is 0 Å². The molecule has 1 aliphatic rings. The van der Waals surface area contributed by atoms with E-state index in [4.69, 9.17) is 4.74 Å². The summed E-state index contributed by atoms with van der Waals surface area (Å²) >= 11 is 0. The zero-order valence-electron chi connectivity index (χ0n) is 15.5. The highest BCUT2D eigenvalue weighted by atomic mass is 16.5. The molecule has 1 aliphatic heterocycles. The molecule has 7 nitrogen and oxygen atoms in total. The fraction of sp³-hybridized carbons (Fsp3) is 0.350. The van der Waals surface area contributed by atoms with Gasteiger partial charge >= 0.3 is 5.97 Å². The van der Waals surface area contributed by atoms with Crippen molar-refractivity contribution in [1.82, 2.24) is 10.3 Å². The Morgan fingerprint density at radius 2 is 2.07 bits per heavy atom. The van der Waals surface area contributed by atoms with E-state index in [2.05, 4.69) is 10.3 Å². The number of fused-ring (bicyclic) bond motifs is 1. The van der Waals surface area contributed by atoms with Crippen LogP contribution in [-0.2, 0) is 17.6 Å². The molecular weight excluding hydrogens is 348 g/mol. The lowest BCUT2D eigenvalue weighted by atomic mass is 10.0. The van der Waals surface area contributed by atoms with Gasteiger partial charge in [0.25, 0.3) is 5.91 Å². The molecule has 0 spiro atoms. The molecule has 1 unspecified atom stereocenters. The summed E-state index contributed by atoms with van der Waals surface area (Å²) in [4.78, 5) is 39.4. The van der Waals surface area contributed by atoms with Gasteiger partial charge in [-0.25, -0.2) is 4.79 Å². The molecule has 1 aromatic carbocycles. The van der Waals surface area contributed by atoms with Gasteiger partial charge in [0, 0.05) is 17.7 Å². The smallest absolute Gasteiger partial charge is 0.330 e. The van der Waals surface area contributed by atoms with E-state index in [0.29, 0.717) is 41.8 Å². The number of aliphatic carboxylic acids is 1. The second kappa shape index (κ2) is 7.26. The normalized spacial score (nSPS) is 13.6. The SMILES string of the molecule is CCc1c(C(=O)NC(C(=O)O)c2ccc3c(c2)CCO3)[nH]c(C)c1C(C)=O. The minimum absolute atomic E-state index is 0.131. The molecule has 3 N–H and O–H groups in total. The monoisotopic (exact) mass is 370 g/mol. The lowest BCUT2D eigenvalue weighted by molar-refractivity contribution is -0.139. The van der Waals surface area contributed by atoms with Crippen LogP contribution in [0.5, 0.6) is 5.75 Å². The predicted molar refractivity (Wildman–Crippen MR) is 98.4 cm³/mol. The van der Waals surface area contributed by atoms with Crippen molar-refractivity contribution in [2.24, 2.45) is 0 Å². The number of nitrogens with one attached hydrogen (secondary N) is 2. The topological polar surface area (TPSA) is 108 Å². The first-order valence-corrected chi connectivity index (χ1v) is 8.85. The van der Waals surface area contributed by atoms with E-state index in [1.165, 1.54) is 6.92 Å². The Labute approximate surface area is 156 Å². The van der Waals surface area contributed by atoms with E-state index < -0.39 is 17.9 Å². The number of aryl methyl sites for hydroxylation is 1. The van der Waals surface area contributed by atoms with E-state index in [1.54, 1.807) is 25.1 Å². The number of carbonyl (C=O) groups excluding carboxylic acids is 2. The minimum atomic E-state index is -1.20. The van der Waals surface area contributed by atoms with Crippen LogP contribution in [0.15, 0.2) is 18.2 Å². The third kappa shape index (κ3) is 3.45. The van der Waals surface area contributed by atoms with Crippen molar-refractivity contribution >= 4 is 17.7 Å². The third-order valence-corrected chi connectivity index (χ3v) is 4.79. The Morgan fingerprint density at radius 1 is 1.33 bits per heavy atom. The van der Waals surface area contributed by atoms with Gasteiger partial charge < -0.3 is 20.1 Å². The molecule has 0 bridgehead atoms. The van der Waals surface area contributed by atoms with Crippen molar-refractivity contribution in [3.8, 4) is 5.75 Å².